The Labute approximate surface area is 97.0 Å². The van der Waals surface area contributed by atoms with E-state index >= 15 is 0 Å². The predicted molar refractivity (Wildman–Crippen MR) is 66.6 cm³/mol. The molecule has 1 rings (SSSR count). The highest BCUT2D eigenvalue weighted by Crippen LogP contribution is 2.24. The second-order valence-electron chi connectivity index (χ2n) is 4.27. The maximum atomic E-state index is 11.3. The van der Waals surface area contributed by atoms with Gasteiger partial charge in [-0.15, -0.1) is 0 Å². The summed E-state index contributed by atoms with van der Waals surface area (Å²) in [4.78, 5) is 0.150. The van der Waals surface area contributed by atoms with Crippen molar-refractivity contribution in [2.24, 2.45) is 5.14 Å². The highest BCUT2D eigenvalue weighted by Gasteiger charge is 2.12. The highest BCUT2D eigenvalue weighted by molar-refractivity contribution is 7.89. The summed E-state index contributed by atoms with van der Waals surface area (Å²) in [5.41, 5.74) is 2.59. The van der Waals surface area contributed by atoms with Gasteiger partial charge in [0.05, 0.1) is 4.90 Å². The van der Waals surface area contributed by atoms with Gasteiger partial charge in [0.1, 0.15) is 0 Å². The molecular formula is C12H17NO2S. The molecule has 0 fully saturated rings. The molecule has 0 saturated heterocycles. The van der Waals surface area contributed by atoms with Crippen LogP contribution in [0.25, 0.3) is 5.57 Å². The van der Waals surface area contributed by atoms with E-state index in [1.165, 1.54) is 0 Å². The number of sulfonamides is 1. The Balaban J connectivity index is 3.48. The van der Waals surface area contributed by atoms with Gasteiger partial charge in [-0.2, -0.15) is 0 Å². The monoisotopic (exact) mass is 239 g/mol. The Kier molecular flexibility index (Phi) is 3.55. The van der Waals surface area contributed by atoms with E-state index in [1.54, 1.807) is 12.1 Å². The normalized spacial score (nSPS) is 11.8. The second-order valence-corrected chi connectivity index (χ2v) is 5.83. The van der Waals surface area contributed by atoms with Crippen LogP contribution in [-0.2, 0) is 10.0 Å². The first-order valence-corrected chi connectivity index (χ1v) is 6.60. The molecule has 16 heavy (non-hydrogen) atoms. The third kappa shape index (κ3) is 2.93. The number of hydrogen-bond acceptors (Lipinski definition) is 2. The lowest BCUT2D eigenvalue weighted by atomic mass is 9.98. The lowest BCUT2D eigenvalue weighted by Crippen LogP contribution is -2.13. The molecule has 0 saturated carbocycles. The summed E-state index contributed by atoms with van der Waals surface area (Å²) in [6.07, 6.45) is 0. The van der Waals surface area contributed by atoms with E-state index in [1.807, 2.05) is 26.8 Å². The van der Waals surface area contributed by atoms with Crippen LogP contribution in [0.1, 0.15) is 37.8 Å². The Morgan fingerprint density at radius 3 is 2.25 bits per heavy atom. The molecule has 88 valence electrons. The maximum Gasteiger partial charge on any atom is 0.238 e. The molecule has 0 amide bonds. The van der Waals surface area contributed by atoms with Crippen LogP contribution >= 0.6 is 0 Å². The van der Waals surface area contributed by atoms with Gasteiger partial charge in [-0.1, -0.05) is 32.1 Å². The van der Waals surface area contributed by atoms with Gasteiger partial charge in [-0.25, -0.2) is 13.6 Å². The van der Waals surface area contributed by atoms with Crippen molar-refractivity contribution in [1.29, 1.82) is 0 Å². The first kappa shape index (κ1) is 12.9. The number of primary sulfonamides is 1. The molecule has 0 heterocycles. The van der Waals surface area contributed by atoms with E-state index in [0.29, 0.717) is 0 Å². The molecule has 1 aromatic carbocycles. The molecule has 0 aliphatic carbocycles. The number of allylic oxidation sites excluding steroid dienone is 1. The van der Waals surface area contributed by atoms with Gasteiger partial charge in [0.15, 0.2) is 0 Å². The zero-order valence-corrected chi connectivity index (χ0v) is 10.6. The van der Waals surface area contributed by atoms with Crippen LogP contribution in [-0.4, -0.2) is 8.42 Å². The highest BCUT2D eigenvalue weighted by atomic mass is 32.2. The fourth-order valence-electron chi connectivity index (χ4n) is 1.37. The standard InChI is InChI=1S/C12H17NO2S/c1-8(2)10-5-11(9(3)4)7-12(6-10)16(13,14)15/h5-7,9H,1H2,2-4H3,(H2,13,14,15). The van der Waals surface area contributed by atoms with E-state index in [0.717, 1.165) is 16.7 Å². The molecule has 0 spiro atoms. The van der Waals surface area contributed by atoms with Crippen LogP contribution in [0.3, 0.4) is 0 Å². The van der Waals surface area contributed by atoms with E-state index < -0.39 is 10.0 Å². The van der Waals surface area contributed by atoms with Crippen LogP contribution < -0.4 is 5.14 Å². The van der Waals surface area contributed by atoms with Crippen LogP contribution in [0, 0.1) is 0 Å². The van der Waals surface area contributed by atoms with Crippen molar-refractivity contribution in [1.82, 2.24) is 0 Å². The SMILES string of the molecule is C=C(C)c1cc(C(C)C)cc(S(N)(=O)=O)c1. The summed E-state index contributed by atoms with van der Waals surface area (Å²) < 4.78 is 22.7. The van der Waals surface area contributed by atoms with Gasteiger partial charge < -0.3 is 0 Å². The largest absolute Gasteiger partial charge is 0.238 e. The van der Waals surface area contributed by atoms with Crippen LogP contribution in [0.4, 0.5) is 0 Å². The van der Waals surface area contributed by atoms with Gasteiger partial charge in [-0.05, 0) is 36.1 Å². The molecule has 0 aliphatic heterocycles. The van der Waals surface area contributed by atoms with Gasteiger partial charge >= 0.3 is 0 Å². The number of rotatable bonds is 3. The topological polar surface area (TPSA) is 60.2 Å². The van der Waals surface area contributed by atoms with Crippen LogP contribution in [0.5, 0.6) is 0 Å². The first-order chi connectivity index (χ1) is 7.21. The van der Waals surface area contributed by atoms with E-state index in [9.17, 15) is 8.42 Å². The Morgan fingerprint density at radius 2 is 1.88 bits per heavy atom. The summed E-state index contributed by atoms with van der Waals surface area (Å²) in [5, 5.41) is 5.14. The fourth-order valence-corrected chi connectivity index (χ4v) is 1.96. The summed E-state index contributed by atoms with van der Waals surface area (Å²) in [6, 6.07) is 5.12. The van der Waals surface area contributed by atoms with E-state index in [2.05, 4.69) is 6.58 Å². The van der Waals surface area contributed by atoms with Gasteiger partial charge in [0.2, 0.25) is 10.0 Å². The smallest absolute Gasteiger partial charge is 0.225 e. The minimum Gasteiger partial charge on any atom is -0.225 e. The third-order valence-corrected chi connectivity index (χ3v) is 3.31. The molecule has 1 aromatic rings. The predicted octanol–water partition coefficient (Wildman–Crippen LogP) is 2.49. The third-order valence-electron chi connectivity index (χ3n) is 2.42. The minimum atomic E-state index is -3.66. The lowest BCUT2D eigenvalue weighted by molar-refractivity contribution is 0.597. The number of hydrogen-bond donors (Lipinski definition) is 1. The molecular weight excluding hydrogens is 222 g/mol. The van der Waals surface area contributed by atoms with Crippen molar-refractivity contribution in [3.05, 3.63) is 35.9 Å². The van der Waals surface area contributed by atoms with Gasteiger partial charge in [0.25, 0.3) is 0 Å². The van der Waals surface area contributed by atoms with Crippen molar-refractivity contribution in [2.45, 2.75) is 31.6 Å². The van der Waals surface area contributed by atoms with Gasteiger partial charge in [-0.3, -0.25) is 0 Å². The Bertz CT molecular complexity index is 516. The van der Waals surface area contributed by atoms with Crippen molar-refractivity contribution >= 4 is 15.6 Å². The molecule has 0 radical (unpaired) electrons. The molecule has 2 N–H and O–H groups in total. The van der Waals surface area contributed by atoms with Crippen molar-refractivity contribution in [3.8, 4) is 0 Å². The fraction of sp³-hybridized carbons (Fsp3) is 0.333. The van der Waals surface area contributed by atoms with E-state index in [4.69, 9.17) is 5.14 Å². The average molecular weight is 239 g/mol. The number of nitrogens with two attached hydrogens (primary N) is 1. The molecule has 4 heteroatoms. The average Bonchev–Trinajstić information content (AvgIpc) is 2.15. The minimum absolute atomic E-state index is 0.150. The van der Waals surface area contributed by atoms with Crippen molar-refractivity contribution < 1.29 is 8.42 Å². The summed E-state index contributed by atoms with van der Waals surface area (Å²) in [5.74, 6) is 0.250. The molecule has 0 aromatic heterocycles. The summed E-state index contributed by atoms with van der Waals surface area (Å²) in [6.45, 7) is 9.66. The van der Waals surface area contributed by atoms with E-state index in [-0.39, 0.29) is 10.8 Å². The second kappa shape index (κ2) is 4.39. The lowest BCUT2D eigenvalue weighted by Gasteiger charge is -2.11. The first-order valence-electron chi connectivity index (χ1n) is 5.05. The molecule has 0 bridgehead atoms. The summed E-state index contributed by atoms with van der Waals surface area (Å²) in [7, 11) is -3.66. The Morgan fingerprint density at radius 1 is 1.31 bits per heavy atom. The summed E-state index contributed by atoms with van der Waals surface area (Å²) >= 11 is 0. The Hall–Kier alpha value is -1.13. The van der Waals surface area contributed by atoms with Crippen LogP contribution in [0.2, 0.25) is 0 Å². The number of benzene rings is 1. The van der Waals surface area contributed by atoms with Crippen molar-refractivity contribution in [3.63, 3.8) is 0 Å². The molecule has 0 aliphatic rings. The zero-order valence-electron chi connectivity index (χ0n) is 9.82. The quantitative estimate of drug-likeness (QED) is 0.881. The molecule has 0 unspecified atom stereocenters. The van der Waals surface area contributed by atoms with Gasteiger partial charge in [0, 0.05) is 0 Å². The van der Waals surface area contributed by atoms with Crippen molar-refractivity contribution in [2.75, 3.05) is 0 Å². The molecule has 3 nitrogen and oxygen atoms in total. The van der Waals surface area contributed by atoms with Crippen LogP contribution in [0.15, 0.2) is 29.7 Å². The molecule has 0 atom stereocenters. The maximum absolute atomic E-state index is 11.3. The zero-order chi connectivity index (χ0) is 12.5.